The van der Waals surface area contributed by atoms with Crippen molar-refractivity contribution < 1.29 is 22.0 Å². The van der Waals surface area contributed by atoms with Gasteiger partial charge in [-0.15, -0.1) is 0 Å². The van der Waals surface area contributed by atoms with E-state index in [0.717, 1.165) is 0 Å². The Morgan fingerprint density at radius 3 is 2.62 bits per heavy atom. The van der Waals surface area contributed by atoms with Crippen molar-refractivity contribution in [3.05, 3.63) is 12.0 Å². The van der Waals surface area contributed by atoms with E-state index in [-0.39, 0.29) is 5.95 Å². The molecule has 4 nitrogen and oxygen atoms in total. The third-order valence-corrected chi connectivity index (χ3v) is 1.57. The molecule has 1 aromatic heterocycles. The summed E-state index contributed by atoms with van der Waals surface area (Å²) in [5.74, 6) is -6.33. The smallest absolute Gasteiger partial charge is 0.324 e. The fraction of sp³-hybridized carbons (Fsp3) is 0.429. The number of nitrogens with two attached hydrogens (primary N) is 1. The number of nitrogen functional groups attached to an aromatic ring is 1. The zero-order valence-corrected chi connectivity index (χ0v) is 7.72. The van der Waals surface area contributed by atoms with Gasteiger partial charge in [-0.1, -0.05) is 0 Å². The van der Waals surface area contributed by atoms with Gasteiger partial charge >= 0.3 is 12.3 Å². The maximum Gasteiger partial charge on any atom is 0.324 e. The number of halogens is 5. The van der Waals surface area contributed by atoms with Crippen LogP contribution in [-0.2, 0) is 0 Å². The standard InChI is InChI=1S/C7H7F5N4/c8-3-1-14-6(13)16-4(3)15-2-7(11,12)5(9)10/h1,5H,2H2,(H3,13,14,15,16). The van der Waals surface area contributed by atoms with Crippen molar-refractivity contribution in [2.75, 3.05) is 17.6 Å². The quantitative estimate of drug-likeness (QED) is 0.785. The summed E-state index contributed by atoms with van der Waals surface area (Å²) in [5, 5.41) is 1.74. The van der Waals surface area contributed by atoms with Crippen molar-refractivity contribution in [1.29, 1.82) is 0 Å². The molecule has 0 fully saturated rings. The number of alkyl halides is 4. The second kappa shape index (κ2) is 4.45. The van der Waals surface area contributed by atoms with E-state index >= 15 is 0 Å². The van der Waals surface area contributed by atoms with Crippen LogP contribution in [0.4, 0.5) is 33.7 Å². The molecule has 3 N–H and O–H groups in total. The maximum absolute atomic E-state index is 12.9. The highest BCUT2D eigenvalue weighted by Gasteiger charge is 2.40. The molecular formula is C7H7F5N4. The van der Waals surface area contributed by atoms with E-state index in [9.17, 15) is 22.0 Å². The van der Waals surface area contributed by atoms with Crippen LogP contribution in [0.15, 0.2) is 6.20 Å². The van der Waals surface area contributed by atoms with Gasteiger partial charge < -0.3 is 11.1 Å². The minimum Gasteiger partial charge on any atom is -0.368 e. The summed E-state index contributed by atoms with van der Waals surface area (Å²) in [4.78, 5) is 6.47. The molecule has 0 bridgehead atoms. The lowest BCUT2D eigenvalue weighted by Crippen LogP contribution is -2.35. The van der Waals surface area contributed by atoms with Gasteiger partial charge in [0.1, 0.15) is 0 Å². The van der Waals surface area contributed by atoms with Crippen LogP contribution < -0.4 is 11.1 Å². The van der Waals surface area contributed by atoms with Crippen LogP contribution in [0.1, 0.15) is 0 Å². The van der Waals surface area contributed by atoms with Crippen molar-refractivity contribution in [2.45, 2.75) is 12.3 Å². The first-order valence-electron chi connectivity index (χ1n) is 4.01. The third-order valence-electron chi connectivity index (χ3n) is 1.57. The molecule has 0 atom stereocenters. The van der Waals surface area contributed by atoms with Gasteiger partial charge in [0.15, 0.2) is 11.6 Å². The Balaban J connectivity index is 2.71. The molecule has 90 valence electrons. The predicted octanol–water partition coefficient (Wildman–Crippen LogP) is 1.51. The van der Waals surface area contributed by atoms with Crippen molar-refractivity contribution in [3.63, 3.8) is 0 Å². The molecule has 0 aliphatic carbocycles. The molecule has 0 saturated heterocycles. The zero-order chi connectivity index (χ0) is 12.3. The lowest BCUT2D eigenvalue weighted by molar-refractivity contribution is -0.117. The number of hydrogen-bond acceptors (Lipinski definition) is 4. The van der Waals surface area contributed by atoms with Gasteiger partial charge in [0.05, 0.1) is 12.7 Å². The van der Waals surface area contributed by atoms with Crippen molar-refractivity contribution in [3.8, 4) is 0 Å². The number of aromatic nitrogens is 2. The largest absolute Gasteiger partial charge is 0.368 e. The van der Waals surface area contributed by atoms with Crippen LogP contribution in [0.3, 0.4) is 0 Å². The number of nitrogens with zero attached hydrogens (tertiary/aromatic N) is 2. The van der Waals surface area contributed by atoms with Crippen molar-refractivity contribution in [1.82, 2.24) is 9.97 Å². The van der Waals surface area contributed by atoms with E-state index in [2.05, 4.69) is 9.97 Å². The average Bonchev–Trinajstić information content (AvgIpc) is 2.19. The van der Waals surface area contributed by atoms with Gasteiger partial charge in [-0.05, 0) is 0 Å². The van der Waals surface area contributed by atoms with Gasteiger partial charge in [-0.3, -0.25) is 0 Å². The summed E-state index contributed by atoms with van der Waals surface area (Å²) >= 11 is 0. The van der Waals surface area contributed by atoms with E-state index in [4.69, 9.17) is 5.73 Å². The van der Waals surface area contributed by atoms with Crippen molar-refractivity contribution >= 4 is 11.8 Å². The molecular weight excluding hydrogens is 235 g/mol. The molecule has 9 heteroatoms. The summed E-state index contributed by atoms with van der Waals surface area (Å²) in [6.45, 7) is -1.45. The van der Waals surface area contributed by atoms with E-state index in [1.54, 1.807) is 5.32 Å². The van der Waals surface area contributed by atoms with E-state index in [1.807, 2.05) is 0 Å². The summed E-state index contributed by atoms with van der Waals surface area (Å²) in [5.41, 5.74) is 5.06. The highest BCUT2D eigenvalue weighted by atomic mass is 19.3. The molecule has 0 unspecified atom stereocenters. The molecule has 0 amide bonds. The lowest BCUT2D eigenvalue weighted by atomic mass is 10.3. The number of hydrogen-bond donors (Lipinski definition) is 2. The molecule has 1 aromatic rings. The molecule has 0 aliphatic heterocycles. The molecule has 0 radical (unpaired) electrons. The molecule has 0 spiro atoms. The second-order valence-electron chi connectivity index (χ2n) is 2.84. The molecule has 16 heavy (non-hydrogen) atoms. The first-order valence-corrected chi connectivity index (χ1v) is 4.01. The van der Waals surface area contributed by atoms with Crippen LogP contribution in [0.25, 0.3) is 0 Å². The van der Waals surface area contributed by atoms with E-state index in [1.165, 1.54) is 0 Å². The Labute approximate surface area is 86.7 Å². The van der Waals surface area contributed by atoms with Gasteiger partial charge in [0, 0.05) is 0 Å². The van der Waals surface area contributed by atoms with E-state index < -0.39 is 30.5 Å². The molecule has 1 heterocycles. The SMILES string of the molecule is Nc1ncc(F)c(NCC(F)(F)C(F)F)n1. The molecule has 0 saturated carbocycles. The van der Waals surface area contributed by atoms with Crippen LogP contribution >= 0.6 is 0 Å². The Kier molecular flexibility index (Phi) is 3.45. The van der Waals surface area contributed by atoms with E-state index in [0.29, 0.717) is 6.20 Å². The summed E-state index contributed by atoms with van der Waals surface area (Å²) in [6, 6.07) is 0. The second-order valence-corrected chi connectivity index (χ2v) is 2.84. The number of anilines is 2. The summed E-state index contributed by atoms with van der Waals surface area (Å²) in [6.07, 6.45) is -3.20. The Morgan fingerprint density at radius 2 is 2.06 bits per heavy atom. The average molecular weight is 242 g/mol. The normalized spacial score (nSPS) is 11.9. The first kappa shape index (κ1) is 12.4. The Bertz CT molecular complexity index is 370. The van der Waals surface area contributed by atoms with Crippen LogP contribution in [0.2, 0.25) is 0 Å². The van der Waals surface area contributed by atoms with Crippen molar-refractivity contribution in [2.24, 2.45) is 0 Å². The molecule has 0 aliphatic rings. The van der Waals surface area contributed by atoms with Gasteiger partial charge in [-0.2, -0.15) is 13.8 Å². The van der Waals surface area contributed by atoms with Gasteiger partial charge in [-0.25, -0.2) is 18.2 Å². The minimum absolute atomic E-state index is 0.357. The van der Waals surface area contributed by atoms with Crippen LogP contribution in [0, 0.1) is 5.82 Å². The Hall–Kier alpha value is -1.67. The maximum atomic E-state index is 12.9. The monoisotopic (exact) mass is 242 g/mol. The number of rotatable bonds is 4. The predicted molar refractivity (Wildman–Crippen MR) is 45.8 cm³/mol. The zero-order valence-electron chi connectivity index (χ0n) is 7.72. The molecule has 1 rings (SSSR count). The molecule has 0 aromatic carbocycles. The van der Waals surface area contributed by atoms with Gasteiger partial charge in [0.2, 0.25) is 5.95 Å². The fourth-order valence-corrected chi connectivity index (χ4v) is 0.783. The fourth-order valence-electron chi connectivity index (χ4n) is 0.783. The van der Waals surface area contributed by atoms with Crippen LogP contribution in [0.5, 0.6) is 0 Å². The third kappa shape index (κ3) is 2.91. The van der Waals surface area contributed by atoms with Crippen LogP contribution in [-0.4, -0.2) is 28.9 Å². The summed E-state index contributed by atoms with van der Waals surface area (Å²) < 4.78 is 61.3. The highest BCUT2D eigenvalue weighted by Crippen LogP contribution is 2.23. The minimum atomic E-state index is -4.27. The summed E-state index contributed by atoms with van der Waals surface area (Å²) in [7, 11) is 0. The topological polar surface area (TPSA) is 63.8 Å². The number of nitrogens with one attached hydrogen (secondary N) is 1. The highest BCUT2D eigenvalue weighted by molar-refractivity contribution is 5.39. The van der Waals surface area contributed by atoms with Gasteiger partial charge in [0.25, 0.3) is 0 Å². The first-order chi connectivity index (χ1) is 7.33. The Morgan fingerprint density at radius 1 is 1.44 bits per heavy atom. The lowest BCUT2D eigenvalue weighted by Gasteiger charge is -2.16.